The van der Waals surface area contributed by atoms with Gasteiger partial charge in [0.15, 0.2) is 0 Å². The van der Waals surface area contributed by atoms with Crippen molar-refractivity contribution in [3.05, 3.63) is 36.2 Å². The van der Waals surface area contributed by atoms with Crippen LogP contribution in [0.1, 0.15) is 24.1 Å². The third kappa shape index (κ3) is 2.79. The van der Waals surface area contributed by atoms with E-state index < -0.39 is 0 Å². The number of imidazole rings is 1. The summed E-state index contributed by atoms with van der Waals surface area (Å²) in [4.78, 5) is 4.23. The summed E-state index contributed by atoms with van der Waals surface area (Å²) < 4.78 is 4.18. The lowest BCUT2D eigenvalue weighted by Gasteiger charge is -2.08. The molecule has 0 aromatic carbocycles. The van der Waals surface area contributed by atoms with E-state index in [2.05, 4.69) is 33.1 Å². The fourth-order valence-electron chi connectivity index (χ4n) is 2.03. The molecule has 1 fully saturated rings. The standard InChI is InChI=1S/C13H19N5/c1-11-6-16-18(9-11)5-4-17-10-14-7-13(17)8-15-12-2-3-12/h6-7,9-10,12,15H,2-5,8H2,1H3. The largest absolute Gasteiger partial charge is 0.332 e. The van der Waals surface area contributed by atoms with Crippen LogP contribution in [0.3, 0.4) is 0 Å². The highest BCUT2D eigenvalue weighted by atomic mass is 15.3. The van der Waals surface area contributed by atoms with Gasteiger partial charge in [0.1, 0.15) is 0 Å². The Morgan fingerprint density at radius 2 is 2.22 bits per heavy atom. The van der Waals surface area contributed by atoms with E-state index in [1.165, 1.54) is 24.1 Å². The van der Waals surface area contributed by atoms with E-state index in [0.29, 0.717) is 0 Å². The van der Waals surface area contributed by atoms with Crippen molar-refractivity contribution in [2.24, 2.45) is 0 Å². The molecule has 0 aliphatic heterocycles. The highest BCUT2D eigenvalue weighted by molar-refractivity contribution is 5.01. The number of aromatic nitrogens is 4. The second-order valence-electron chi connectivity index (χ2n) is 5.01. The smallest absolute Gasteiger partial charge is 0.0949 e. The number of nitrogens with one attached hydrogen (secondary N) is 1. The number of hydrogen-bond acceptors (Lipinski definition) is 3. The summed E-state index contributed by atoms with van der Waals surface area (Å²) in [5, 5.41) is 7.81. The van der Waals surface area contributed by atoms with Crippen LogP contribution in [0.4, 0.5) is 0 Å². The maximum Gasteiger partial charge on any atom is 0.0949 e. The second kappa shape index (κ2) is 4.94. The third-order valence-electron chi connectivity index (χ3n) is 3.28. The molecule has 1 N–H and O–H groups in total. The van der Waals surface area contributed by atoms with Gasteiger partial charge in [-0.3, -0.25) is 4.68 Å². The Bertz CT molecular complexity index is 509. The predicted molar refractivity (Wildman–Crippen MR) is 69.1 cm³/mol. The van der Waals surface area contributed by atoms with Crippen LogP contribution in [0.5, 0.6) is 0 Å². The van der Waals surface area contributed by atoms with Gasteiger partial charge in [-0.1, -0.05) is 0 Å². The van der Waals surface area contributed by atoms with Crippen molar-refractivity contribution in [2.75, 3.05) is 0 Å². The predicted octanol–water partition coefficient (Wildman–Crippen LogP) is 1.34. The maximum absolute atomic E-state index is 4.30. The zero-order valence-corrected chi connectivity index (χ0v) is 10.7. The molecule has 1 aliphatic carbocycles. The molecule has 0 atom stereocenters. The molecule has 2 aromatic heterocycles. The summed E-state index contributed by atoms with van der Waals surface area (Å²) in [7, 11) is 0. The quantitative estimate of drug-likeness (QED) is 0.835. The van der Waals surface area contributed by atoms with Crippen LogP contribution >= 0.6 is 0 Å². The summed E-state index contributed by atoms with van der Waals surface area (Å²) in [6, 6.07) is 0.738. The summed E-state index contributed by atoms with van der Waals surface area (Å²) in [6.45, 7) is 4.79. The first-order valence-corrected chi connectivity index (χ1v) is 6.53. The van der Waals surface area contributed by atoms with Gasteiger partial charge in [0.05, 0.1) is 24.8 Å². The number of aryl methyl sites for hydroxylation is 3. The van der Waals surface area contributed by atoms with E-state index >= 15 is 0 Å². The zero-order valence-electron chi connectivity index (χ0n) is 10.7. The molecule has 2 heterocycles. The van der Waals surface area contributed by atoms with Gasteiger partial charge < -0.3 is 9.88 Å². The molecule has 0 saturated heterocycles. The monoisotopic (exact) mass is 245 g/mol. The molecule has 0 bridgehead atoms. The molecule has 96 valence electrons. The maximum atomic E-state index is 4.30. The molecule has 0 amide bonds. The minimum absolute atomic E-state index is 0.738. The van der Waals surface area contributed by atoms with Crippen molar-refractivity contribution in [3.8, 4) is 0 Å². The zero-order chi connectivity index (χ0) is 12.4. The van der Waals surface area contributed by atoms with Crippen molar-refractivity contribution < 1.29 is 0 Å². The summed E-state index contributed by atoms with van der Waals surface area (Å²) in [5.41, 5.74) is 2.46. The number of hydrogen-bond donors (Lipinski definition) is 1. The Hall–Kier alpha value is -1.62. The fourth-order valence-corrected chi connectivity index (χ4v) is 2.03. The lowest BCUT2D eigenvalue weighted by atomic mass is 10.4. The molecule has 0 radical (unpaired) electrons. The minimum Gasteiger partial charge on any atom is -0.332 e. The first kappa shape index (κ1) is 11.5. The highest BCUT2D eigenvalue weighted by Crippen LogP contribution is 2.19. The topological polar surface area (TPSA) is 47.7 Å². The molecule has 1 saturated carbocycles. The Kier molecular flexibility index (Phi) is 3.15. The van der Waals surface area contributed by atoms with Crippen molar-refractivity contribution in [2.45, 2.75) is 45.4 Å². The summed E-state index contributed by atoms with van der Waals surface area (Å²) in [6.07, 6.45) is 10.5. The Balaban J connectivity index is 1.56. The average Bonchev–Trinajstić information content (AvgIpc) is 2.93. The average molecular weight is 245 g/mol. The van der Waals surface area contributed by atoms with E-state index in [1.807, 2.05) is 23.4 Å². The van der Waals surface area contributed by atoms with Crippen LogP contribution in [0, 0.1) is 6.92 Å². The van der Waals surface area contributed by atoms with Gasteiger partial charge in [-0.15, -0.1) is 0 Å². The van der Waals surface area contributed by atoms with Crippen LogP contribution in [0.15, 0.2) is 24.9 Å². The van der Waals surface area contributed by atoms with E-state index in [1.54, 1.807) is 0 Å². The van der Waals surface area contributed by atoms with Gasteiger partial charge in [0.2, 0.25) is 0 Å². The summed E-state index contributed by atoms with van der Waals surface area (Å²) in [5.74, 6) is 0. The van der Waals surface area contributed by atoms with E-state index in [-0.39, 0.29) is 0 Å². The van der Waals surface area contributed by atoms with Crippen molar-refractivity contribution >= 4 is 0 Å². The third-order valence-corrected chi connectivity index (χ3v) is 3.28. The molecule has 0 unspecified atom stereocenters. The lowest BCUT2D eigenvalue weighted by Crippen LogP contribution is -2.19. The fraction of sp³-hybridized carbons (Fsp3) is 0.538. The Morgan fingerprint density at radius 1 is 1.33 bits per heavy atom. The van der Waals surface area contributed by atoms with Crippen molar-refractivity contribution in [3.63, 3.8) is 0 Å². The summed E-state index contributed by atoms with van der Waals surface area (Å²) >= 11 is 0. The number of nitrogens with zero attached hydrogens (tertiary/aromatic N) is 4. The lowest BCUT2D eigenvalue weighted by molar-refractivity contribution is 0.513. The first-order chi connectivity index (χ1) is 8.81. The molecule has 18 heavy (non-hydrogen) atoms. The van der Waals surface area contributed by atoms with Crippen LogP contribution in [-0.2, 0) is 19.6 Å². The molecule has 0 spiro atoms. The van der Waals surface area contributed by atoms with Gasteiger partial charge in [-0.05, 0) is 25.3 Å². The van der Waals surface area contributed by atoms with Crippen LogP contribution in [0.25, 0.3) is 0 Å². The Morgan fingerprint density at radius 3 is 2.94 bits per heavy atom. The number of rotatable bonds is 6. The van der Waals surface area contributed by atoms with Crippen molar-refractivity contribution in [1.29, 1.82) is 0 Å². The normalized spacial score (nSPS) is 15.2. The molecule has 5 nitrogen and oxygen atoms in total. The van der Waals surface area contributed by atoms with Gasteiger partial charge in [-0.2, -0.15) is 5.10 Å². The first-order valence-electron chi connectivity index (χ1n) is 6.53. The molecule has 1 aliphatic rings. The molecular formula is C13H19N5. The van der Waals surface area contributed by atoms with Gasteiger partial charge in [0, 0.05) is 31.5 Å². The molecular weight excluding hydrogens is 226 g/mol. The van der Waals surface area contributed by atoms with Gasteiger partial charge >= 0.3 is 0 Å². The Labute approximate surface area is 107 Å². The van der Waals surface area contributed by atoms with Crippen LogP contribution in [0.2, 0.25) is 0 Å². The highest BCUT2D eigenvalue weighted by Gasteiger charge is 2.20. The SMILES string of the molecule is Cc1cnn(CCn2cncc2CNC2CC2)c1. The van der Waals surface area contributed by atoms with Crippen LogP contribution in [-0.4, -0.2) is 25.4 Å². The van der Waals surface area contributed by atoms with Gasteiger partial charge in [0.25, 0.3) is 0 Å². The molecule has 2 aromatic rings. The van der Waals surface area contributed by atoms with Gasteiger partial charge in [-0.25, -0.2) is 4.98 Å². The van der Waals surface area contributed by atoms with E-state index in [9.17, 15) is 0 Å². The molecule has 3 rings (SSSR count). The second-order valence-corrected chi connectivity index (χ2v) is 5.01. The van der Waals surface area contributed by atoms with Crippen LogP contribution < -0.4 is 5.32 Å². The minimum atomic E-state index is 0.738. The molecule has 5 heteroatoms. The van der Waals surface area contributed by atoms with Crippen molar-refractivity contribution in [1.82, 2.24) is 24.6 Å². The van der Waals surface area contributed by atoms with E-state index in [4.69, 9.17) is 0 Å². The van der Waals surface area contributed by atoms with E-state index in [0.717, 1.165) is 25.7 Å².